The first-order valence-electron chi connectivity index (χ1n) is 9.53. The second kappa shape index (κ2) is 8.92. The Morgan fingerprint density at radius 2 is 1.89 bits per heavy atom. The predicted octanol–water partition coefficient (Wildman–Crippen LogP) is 6.73. The summed E-state index contributed by atoms with van der Waals surface area (Å²) in [6, 6.07) is 10.0. The second-order valence-electron chi connectivity index (χ2n) is 7.32. The third kappa shape index (κ3) is 4.92. The summed E-state index contributed by atoms with van der Waals surface area (Å²) in [5, 5.41) is 2.15. The smallest absolute Gasteiger partial charge is 0.264 e. The lowest BCUT2D eigenvalue weighted by Crippen LogP contribution is -2.02. The van der Waals surface area contributed by atoms with Crippen molar-refractivity contribution in [1.82, 2.24) is 0 Å². The van der Waals surface area contributed by atoms with Gasteiger partial charge in [-0.2, -0.15) is 0 Å². The number of benzene rings is 2. The zero-order valence-electron chi connectivity index (χ0n) is 16.0. The van der Waals surface area contributed by atoms with Gasteiger partial charge in [-0.3, -0.25) is 0 Å². The molecular formula is C23H27F2NS. The third-order valence-corrected chi connectivity index (χ3v) is 6.28. The average molecular weight is 388 g/mol. The van der Waals surface area contributed by atoms with Crippen molar-refractivity contribution >= 4 is 23.0 Å². The van der Waals surface area contributed by atoms with E-state index in [1.165, 1.54) is 54.0 Å². The quantitative estimate of drug-likeness (QED) is 0.439. The maximum absolute atomic E-state index is 13.3. The maximum atomic E-state index is 13.3. The van der Waals surface area contributed by atoms with E-state index in [-0.39, 0.29) is 5.56 Å². The zero-order valence-corrected chi connectivity index (χ0v) is 16.8. The van der Waals surface area contributed by atoms with Crippen LogP contribution in [0.1, 0.15) is 59.6 Å². The molecule has 0 spiro atoms. The van der Waals surface area contributed by atoms with E-state index < -0.39 is 6.43 Å². The summed E-state index contributed by atoms with van der Waals surface area (Å²) in [5.74, 6) is 0.769. The van der Waals surface area contributed by atoms with Crippen LogP contribution in [-0.4, -0.2) is 5.75 Å². The molecule has 0 aliphatic heterocycles. The summed E-state index contributed by atoms with van der Waals surface area (Å²) >= 11 is 1.68. The summed E-state index contributed by atoms with van der Waals surface area (Å²) < 4.78 is 26.5. The van der Waals surface area contributed by atoms with Crippen molar-refractivity contribution in [2.45, 2.75) is 52.4 Å². The Hall–Kier alpha value is -1.81. The molecule has 0 saturated carbocycles. The van der Waals surface area contributed by atoms with Gasteiger partial charge in [-0.1, -0.05) is 24.3 Å². The minimum atomic E-state index is -2.49. The van der Waals surface area contributed by atoms with Crippen LogP contribution < -0.4 is 5.73 Å². The molecule has 0 atom stereocenters. The molecule has 2 aromatic rings. The SMILES string of the molecule is C/C(=C\SCCc1cc(C)c(N)cc1C(F)F)c1ccc2c(c1)CCCC2. The summed E-state index contributed by atoms with van der Waals surface area (Å²) in [5.41, 5.74) is 13.3. The molecule has 0 radical (unpaired) electrons. The van der Waals surface area contributed by atoms with E-state index in [2.05, 4.69) is 30.5 Å². The van der Waals surface area contributed by atoms with Crippen LogP contribution in [0.2, 0.25) is 0 Å². The van der Waals surface area contributed by atoms with E-state index in [1.54, 1.807) is 17.8 Å². The van der Waals surface area contributed by atoms with Gasteiger partial charge in [0.15, 0.2) is 0 Å². The van der Waals surface area contributed by atoms with Gasteiger partial charge >= 0.3 is 0 Å². The lowest BCUT2D eigenvalue weighted by atomic mass is 9.89. The number of hydrogen-bond donors (Lipinski definition) is 1. The Morgan fingerprint density at radius 1 is 1.15 bits per heavy atom. The minimum Gasteiger partial charge on any atom is -0.399 e. The number of aryl methyl sites for hydroxylation is 4. The fraction of sp³-hybridized carbons (Fsp3) is 0.391. The number of thioether (sulfide) groups is 1. The van der Waals surface area contributed by atoms with Crippen molar-refractivity contribution in [3.8, 4) is 0 Å². The van der Waals surface area contributed by atoms with E-state index in [0.717, 1.165) is 11.3 Å². The molecule has 0 aromatic heterocycles. The Bertz CT molecular complexity index is 843. The highest BCUT2D eigenvalue weighted by Gasteiger charge is 2.14. The molecule has 0 bridgehead atoms. The van der Waals surface area contributed by atoms with E-state index in [1.807, 2.05) is 6.92 Å². The first kappa shape index (κ1) is 19.9. The fourth-order valence-electron chi connectivity index (χ4n) is 3.62. The van der Waals surface area contributed by atoms with Crippen LogP contribution in [0, 0.1) is 6.92 Å². The fourth-order valence-corrected chi connectivity index (χ4v) is 4.46. The van der Waals surface area contributed by atoms with Crippen LogP contribution in [0.15, 0.2) is 35.7 Å². The highest BCUT2D eigenvalue weighted by atomic mass is 32.2. The van der Waals surface area contributed by atoms with Crippen LogP contribution in [0.3, 0.4) is 0 Å². The van der Waals surface area contributed by atoms with Gasteiger partial charge in [0.1, 0.15) is 0 Å². The van der Waals surface area contributed by atoms with E-state index in [0.29, 0.717) is 17.7 Å². The van der Waals surface area contributed by atoms with Crippen LogP contribution in [0.5, 0.6) is 0 Å². The average Bonchev–Trinajstić information content (AvgIpc) is 2.66. The number of nitrogen functional groups attached to an aromatic ring is 1. The molecule has 4 heteroatoms. The van der Waals surface area contributed by atoms with E-state index in [4.69, 9.17) is 5.73 Å². The lowest BCUT2D eigenvalue weighted by Gasteiger charge is -2.16. The number of fused-ring (bicyclic) bond motifs is 1. The van der Waals surface area contributed by atoms with E-state index >= 15 is 0 Å². The molecule has 1 aliphatic rings. The molecule has 3 rings (SSSR count). The first-order valence-corrected chi connectivity index (χ1v) is 10.6. The molecule has 1 nitrogen and oxygen atoms in total. The van der Waals surface area contributed by atoms with E-state index in [9.17, 15) is 8.78 Å². The van der Waals surface area contributed by atoms with Crippen molar-refractivity contribution < 1.29 is 8.78 Å². The monoisotopic (exact) mass is 387 g/mol. The molecule has 27 heavy (non-hydrogen) atoms. The van der Waals surface area contributed by atoms with Crippen molar-refractivity contribution in [2.24, 2.45) is 0 Å². The minimum absolute atomic E-state index is 0.0640. The predicted molar refractivity (Wildman–Crippen MR) is 113 cm³/mol. The van der Waals surface area contributed by atoms with Crippen molar-refractivity contribution in [2.75, 3.05) is 11.5 Å². The zero-order chi connectivity index (χ0) is 19.4. The normalized spacial score (nSPS) is 14.5. The molecule has 0 unspecified atom stereocenters. The number of allylic oxidation sites excluding steroid dienone is 1. The third-order valence-electron chi connectivity index (χ3n) is 5.32. The van der Waals surface area contributed by atoms with Gasteiger partial charge in [-0.15, -0.1) is 11.8 Å². The molecule has 0 saturated heterocycles. The molecular weight excluding hydrogens is 360 g/mol. The number of nitrogens with two attached hydrogens (primary N) is 1. The Balaban J connectivity index is 1.63. The van der Waals surface area contributed by atoms with Crippen molar-refractivity contribution in [3.63, 3.8) is 0 Å². The number of halogens is 2. The number of hydrogen-bond acceptors (Lipinski definition) is 2. The van der Waals surface area contributed by atoms with Crippen LogP contribution in [0.25, 0.3) is 5.57 Å². The standard InChI is InChI=1S/C23H27F2NS/c1-15-11-20(21(23(24)25)13-22(15)26)9-10-27-14-16(2)18-8-7-17-5-3-4-6-19(17)12-18/h7-8,11-14,23H,3-6,9-10,26H2,1-2H3/b16-14+. The largest absolute Gasteiger partial charge is 0.399 e. The van der Waals surface area contributed by atoms with Crippen LogP contribution >= 0.6 is 11.8 Å². The molecule has 2 aromatic carbocycles. The summed E-state index contributed by atoms with van der Waals surface area (Å²) in [7, 11) is 0. The summed E-state index contributed by atoms with van der Waals surface area (Å²) in [6.45, 7) is 3.98. The van der Waals surface area contributed by atoms with Gasteiger partial charge in [0.25, 0.3) is 6.43 Å². The molecule has 0 heterocycles. The number of rotatable bonds is 6. The molecule has 0 amide bonds. The van der Waals surface area contributed by atoms with Crippen molar-refractivity contribution in [3.05, 3.63) is 69.1 Å². The van der Waals surface area contributed by atoms with Crippen LogP contribution in [0.4, 0.5) is 14.5 Å². The van der Waals surface area contributed by atoms with Gasteiger partial charge in [0, 0.05) is 17.0 Å². The molecule has 0 fully saturated rings. The number of anilines is 1. The highest BCUT2D eigenvalue weighted by molar-refractivity contribution is 8.02. The Morgan fingerprint density at radius 3 is 2.63 bits per heavy atom. The first-order chi connectivity index (χ1) is 13.0. The maximum Gasteiger partial charge on any atom is 0.264 e. The molecule has 2 N–H and O–H groups in total. The number of alkyl halides is 2. The van der Waals surface area contributed by atoms with Gasteiger partial charge < -0.3 is 5.73 Å². The van der Waals surface area contributed by atoms with Crippen LogP contribution in [-0.2, 0) is 19.3 Å². The van der Waals surface area contributed by atoms with Gasteiger partial charge in [0.2, 0.25) is 0 Å². The molecule has 1 aliphatic carbocycles. The van der Waals surface area contributed by atoms with Gasteiger partial charge in [0.05, 0.1) is 0 Å². The second-order valence-corrected chi connectivity index (χ2v) is 8.30. The lowest BCUT2D eigenvalue weighted by molar-refractivity contribution is 0.150. The Labute approximate surface area is 165 Å². The highest BCUT2D eigenvalue weighted by Crippen LogP contribution is 2.29. The topological polar surface area (TPSA) is 26.0 Å². The molecule has 144 valence electrons. The Kier molecular flexibility index (Phi) is 6.59. The summed E-state index contributed by atoms with van der Waals surface area (Å²) in [4.78, 5) is 0. The summed E-state index contributed by atoms with van der Waals surface area (Å²) in [6.07, 6.45) is 3.07. The van der Waals surface area contributed by atoms with Gasteiger partial charge in [-0.05, 0) is 90.8 Å². The van der Waals surface area contributed by atoms with Crippen molar-refractivity contribution in [1.29, 1.82) is 0 Å². The van der Waals surface area contributed by atoms with Gasteiger partial charge in [-0.25, -0.2) is 8.78 Å².